The average Bonchev–Trinajstić information content (AvgIpc) is 3.87. The Bertz CT molecular complexity index is 3510. The number of anilines is 4. The van der Waals surface area contributed by atoms with Crippen LogP contribution in [0.4, 0.5) is 22.7 Å². The van der Waals surface area contributed by atoms with E-state index in [1.165, 1.54) is 5.56 Å². The van der Waals surface area contributed by atoms with E-state index in [0.29, 0.717) is 35.0 Å². The van der Waals surface area contributed by atoms with Gasteiger partial charge in [0.05, 0.1) is 39.1 Å². The van der Waals surface area contributed by atoms with Crippen LogP contribution in [0.25, 0.3) is 49.9 Å². The van der Waals surface area contributed by atoms with Crippen LogP contribution < -0.4 is 14.5 Å². The quantitative estimate of drug-likeness (QED) is 0.161. The maximum atomic E-state index is 9.34. The molecule has 0 amide bonds. The minimum atomic E-state index is -0.568. The summed E-state index contributed by atoms with van der Waals surface area (Å²) in [4.78, 5) is 8.88. The smallest absolute Gasteiger partial charge is 0.137 e. The summed E-state index contributed by atoms with van der Waals surface area (Å²) in [5.41, 5.74) is 8.30. The topological polar surface area (TPSA) is 33.5 Å². The molecule has 0 aliphatic carbocycles. The van der Waals surface area contributed by atoms with E-state index in [-0.39, 0.29) is 47.1 Å². The van der Waals surface area contributed by atoms with Crippen LogP contribution in [0.5, 0.6) is 11.5 Å². The predicted molar refractivity (Wildman–Crippen MR) is 255 cm³/mol. The van der Waals surface area contributed by atoms with E-state index < -0.39 is 23.5 Å². The van der Waals surface area contributed by atoms with Gasteiger partial charge in [-0.3, -0.25) is 4.57 Å². The number of para-hydroxylation sites is 4. The summed E-state index contributed by atoms with van der Waals surface area (Å²) in [6.07, 6.45) is -0.188. The molecule has 7 aromatic carbocycles. The molecule has 300 valence electrons. The SMILES string of the molecule is [2H]c1nc(-n2c3ccccc3c3ccc(Oc4cccc(N5CN(c6c(-c7ccc(C(C)(C)C)cc7)cccc6-c6c([2H])c([2H])c([2H])c([2H])c6[2H])c6ccccc65)c4)cc32)c([2H])c(C(C)(C)C)c1[2H]. The molecule has 10 rings (SSSR count). The largest absolute Gasteiger partial charge is 0.457 e. The number of fused-ring (bicyclic) bond motifs is 4. The van der Waals surface area contributed by atoms with Gasteiger partial charge in [0.2, 0.25) is 0 Å². The van der Waals surface area contributed by atoms with E-state index in [2.05, 4.69) is 65.9 Å². The first-order valence-corrected chi connectivity index (χ1v) is 20.6. The van der Waals surface area contributed by atoms with Crippen molar-refractivity contribution in [3.8, 4) is 39.6 Å². The lowest BCUT2D eigenvalue weighted by atomic mass is 9.86. The van der Waals surface area contributed by atoms with Crippen molar-refractivity contribution >= 4 is 44.6 Å². The van der Waals surface area contributed by atoms with Crippen LogP contribution >= 0.6 is 0 Å². The number of benzene rings is 7. The Balaban J connectivity index is 1.07. The number of rotatable bonds is 7. The normalized spacial score (nSPS) is 14.8. The molecule has 61 heavy (non-hydrogen) atoms. The molecule has 5 heteroatoms. The van der Waals surface area contributed by atoms with Crippen molar-refractivity contribution in [2.24, 2.45) is 0 Å². The second-order valence-electron chi connectivity index (χ2n) is 17.6. The minimum absolute atomic E-state index is 0.0470. The first kappa shape index (κ1) is 30.0. The fraction of sp³-hybridized carbons (Fsp3) is 0.161. The number of pyridine rings is 1. The Hall–Kier alpha value is -7.11. The zero-order chi connectivity index (χ0) is 48.8. The van der Waals surface area contributed by atoms with Crippen LogP contribution in [0.3, 0.4) is 0 Å². The van der Waals surface area contributed by atoms with E-state index in [9.17, 15) is 1.37 Å². The van der Waals surface area contributed by atoms with E-state index in [4.69, 9.17) is 14.3 Å². The standard InChI is InChI=1S/C56H50N4O/c1-55(2,3)40-28-26-39(27-29-40)46-22-15-21-45(38-16-8-7-9-17-38)54(46)59-37-58(50-24-12-13-25-51(50)59)42-18-14-19-43(35-42)61-44-30-31-48-47-20-10-11-23-49(47)60(52(48)36-44)53-34-41(32-33-57-53)56(4,5)6/h7-36H,37H2,1-6H3/i7D,8D,9D,16D,17D,32D,33D,34D. The summed E-state index contributed by atoms with van der Waals surface area (Å²) in [5.74, 6) is 1.40. The van der Waals surface area contributed by atoms with Crippen LogP contribution in [-0.2, 0) is 10.8 Å². The highest BCUT2D eigenvalue weighted by Crippen LogP contribution is 2.50. The fourth-order valence-electron chi connectivity index (χ4n) is 8.31. The minimum Gasteiger partial charge on any atom is -0.457 e. The van der Waals surface area contributed by atoms with Gasteiger partial charge in [-0.2, -0.15) is 0 Å². The highest BCUT2D eigenvalue weighted by atomic mass is 16.5. The molecular formula is C56H50N4O. The molecular weight excluding hydrogens is 745 g/mol. The molecule has 1 aliphatic rings. The third-order valence-electron chi connectivity index (χ3n) is 11.4. The Labute approximate surface area is 370 Å². The molecule has 0 N–H and O–H groups in total. The molecule has 1 aliphatic heterocycles. The predicted octanol–water partition coefficient (Wildman–Crippen LogP) is 15.1. The van der Waals surface area contributed by atoms with Crippen molar-refractivity contribution in [3.05, 3.63) is 193 Å². The van der Waals surface area contributed by atoms with Gasteiger partial charge in [-0.05, 0) is 87.6 Å². The molecule has 0 bridgehead atoms. The third kappa shape index (κ3) is 7.00. The van der Waals surface area contributed by atoms with Gasteiger partial charge in [-0.25, -0.2) is 4.98 Å². The summed E-state index contributed by atoms with van der Waals surface area (Å²) >= 11 is 0. The van der Waals surface area contributed by atoms with Crippen LogP contribution in [0, 0.1) is 0 Å². The number of hydrogen-bond acceptors (Lipinski definition) is 4. The van der Waals surface area contributed by atoms with Gasteiger partial charge in [-0.1, -0.05) is 151 Å². The highest BCUT2D eigenvalue weighted by molar-refractivity contribution is 6.09. The summed E-state index contributed by atoms with van der Waals surface area (Å²) in [7, 11) is 0. The molecule has 5 nitrogen and oxygen atoms in total. The van der Waals surface area contributed by atoms with Crippen molar-refractivity contribution < 1.29 is 15.7 Å². The first-order chi connectivity index (χ1) is 32.8. The van der Waals surface area contributed by atoms with Crippen molar-refractivity contribution in [1.82, 2.24) is 9.55 Å². The van der Waals surface area contributed by atoms with Crippen molar-refractivity contribution in [2.45, 2.75) is 52.4 Å². The zero-order valence-electron chi connectivity index (χ0n) is 43.1. The van der Waals surface area contributed by atoms with Gasteiger partial charge in [0.25, 0.3) is 0 Å². The Kier molecular flexibility index (Phi) is 7.31. The Morgan fingerprint density at radius 1 is 0.557 bits per heavy atom. The van der Waals surface area contributed by atoms with Gasteiger partial charge < -0.3 is 14.5 Å². The van der Waals surface area contributed by atoms with Crippen LogP contribution in [0.15, 0.2) is 182 Å². The molecule has 0 unspecified atom stereocenters. The first-order valence-electron chi connectivity index (χ1n) is 24.6. The molecule has 0 atom stereocenters. The van der Waals surface area contributed by atoms with Crippen LogP contribution in [0.2, 0.25) is 0 Å². The van der Waals surface area contributed by atoms with Crippen molar-refractivity contribution in [3.63, 3.8) is 0 Å². The van der Waals surface area contributed by atoms with E-state index in [1.807, 2.05) is 128 Å². The van der Waals surface area contributed by atoms with E-state index in [1.54, 1.807) is 0 Å². The number of ether oxygens (including phenoxy) is 1. The summed E-state index contributed by atoms with van der Waals surface area (Å²) in [5, 5.41) is 1.88. The maximum Gasteiger partial charge on any atom is 0.137 e. The lowest BCUT2D eigenvalue weighted by Crippen LogP contribution is -2.25. The van der Waals surface area contributed by atoms with E-state index >= 15 is 0 Å². The van der Waals surface area contributed by atoms with Crippen LogP contribution in [-0.4, -0.2) is 16.2 Å². The van der Waals surface area contributed by atoms with E-state index in [0.717, 1.165) is 50.0 Å². The summed E-state index contributed by atoms with van der Waals surface area (Å²) < 4.78 is 79.1. The van der Waals surface area contributed by atoms with Crippen LogP contribution in [0.1, 0.15) is 63.6 Å². The number of hydrogen-bond donors (Lipinski definition) is 0. The molecule has 9 aromatic rings. The summed E-state index contributed by atoms with van der Waals surface area (Å²) in [6.45, 7) is 12.7. The van der Waals surface area contributed by atoms with Gasteiger partial charge in [-0.15, -0.1) is 0 Å². The fourth-order valence-corrected chi connectivity index (χ4v) is 8.31. The van der Waals surface area contributed by atoms with Crippen molar-refractivity contribution in [1.29, 1.82) is 0 Å². The Morgan fingerprint density at radius 3 is 1.97 bits per heavy atom. The highest BCUT2D eigenvalue weighted by Gasteiger charge is 2.31. The zero-order valence-corrected chi connectivity index (χ0v) is 35.1. The maximum absolute atomic E-state index is 9.34. The van der Waals surface area contributed by atoms with Gasteiger partial charge >= 0.3 is 0 Å². The second-order valence-corrected chi connectivity index (χ2v) is 17.6. The molecule has 0 fully saturated rings. The molecule has 0 saturated heterocycles. The monoisotopic (exact) mass is 802 g/mol. The Morgan fingerprint density at radius 2 is 1.21 bits per heavy atom. The summed E-state index contributed by atoms with van der Waals surface area (Å²) in [6, 6.07) is 42.1. The number of aromatic nitrogens is 2. The van der Waals surface area contributed by atoms with Gasteiger partial charge in [0.1, 0.15) is 24.0 Å². The molecule has 0 radical (unpaired) electrons. The molecule has 2 aromatic heterocycles. The molecule has 0 saturated carbocycles. The van der Waals surface area contributed by atoms with Gasteiger partial charge in [0.15, 0.2) is 0 Å². The van der Waals surface area contributed by atoms with Gasteiger partial charge in [0, 0.05) is 45.9 Å². The van der Waals surface area contributed by atoms with Crippen molar-refractivity contribution in [2.75, 3.05) is 16.5 Å². The second kappa shape index (κ2) is 14.9. The lowest BCUT2D eigenvalue weighted by molar-refractivity contribution is 0.483. The average molecular weight is 803 g/mol. The third-order valence-corrected chi connectivity index (χ3v) is 11.4. The molecule has 0 spiro atoms. The lowest BCUT2D eigenvalue weighted by Gasteiger charge is -2.27. The number of nitrogens with zero attached hydrogens (tertiary/aromatic N) is 4. The molecule has 3 heterocycles.